The molecule has 0 fully saturated rings. The monoisotopic (exact) mass is 314 g/mol. The Labute approximate surface area is 135 Å². The van der Waals surface area contributed by atoms with Gasteiger partial charge in [-0.25, -0.2) is 4.39 Å². The molecule has 0 saturated heterocycles. The predicted molar refractivity (Wildman–Crippen MR) is 85.4 cm³/mol. The molecule has 1 unspecified atom stereocenters. The first-order valence-corrected chi connectivity index (χ1v) is 7.31. The third kappa shape index (κ3) is 5.37. The number of benzene rings is 2. The Balaban J connectivity index is 1.81. The Kier molecular flexibility index (Phi) is 6.10. The Morgan fingerprint density at radius 3 is 2.65 bits per heavy atom. The maximum Gasteiger partial charge on any atom is 0.166 e. The highest BCUT2D eigenvalue weighted by atomic mass is 19.1. The molecule has 0 heterocycles. The van der Waals surface area contributed by atoms with Crippen molar-refractivity contribution in [2.24, 2.45) is 0 Å². The fourth-order valence-corrected chi connectivity index (χ4v) is 2.25. The van der Waals surface area contributed by atoms with Gasteiger partial charge >= 0.3 is 0 Å². The molecule has 0 amide bonds. The fraction of sp³-hybridized carbons (Fsp3) is 0.278. The summed E-state index contributed by atoms with van der Waals surface area (Å²) in [6.45, 7) is 1.11. The SMILES string of the molecule is CN(Cc1ccccc1)CC(O)COc1ccc(C#N)cc1F. The van der Waals surface area contributed by atoms with E-state index in [9.17, 15) is 9.50 Å². The van der Waals surface area contributed by atoms with Gasteiger partial charge in [0.25, 0.3) is 0 Å². The number of nitriles is 1. The molecule has 1 atom stereocenters. The summed E-state index contributed by atoms with van der Waals surface area (Å²) in [5.41, 5.74) is 1.39. The predicted octanol–water partition coefficient (Wildman–Crippen LogP) is 2.57. The minimum atomic E-state index is -0.737. The van der Waals surface area contributed by atoms with Gasteiger partial charge in [-0.15, -0.1) is 0 Å². The van der Waals surface area contributed by atoms with Crippen molar-refractivity contribution in [1.29, 1.82) is 5.26 Å². The lowest BCUT2D eigenvalue weighted by Crippen LogP contribution is -2.32. The maximum atomic E-state index is 13.7. The molecule has 0 radical (unpaired) electrons. The molecule has 1 N–H and O–H groups in total. The molecular weight excluding hydrogens is 295 g/mol. The van der Waals surface area contributed by atoms with Crippen LogP contribution in [-0.2, 0) is 6.54 Å². The van der Waals surface area contributed by atoms with Crippen molar-refractivity contribution in [2.75, 3.05) is 20.2 Å². The number of aliphatic hydroxyl groups is 1. The quantitative estimate of drug-likeness (QED) is 0.853. The van der Waals surface area contributed by atoms with Crippen molar-refractivity contribution in [3.63, 3.8) is 0 Å². The molecule has 4 nitrogen and oxygen atoms in total. The molecule has 120 valence electrons. The molecule has 0 aliphatic carbocycles. The third-order valence-electron chi connectivity index (χ3n) is 3.31. The van der Waals surface area contributed by atoms with Gasteiger partial charge in [-0.1, -0.05) is 30.3 Å². The van der Waals surface area contributed by atoms with Crippen LogP contribution in [0, 0.1) is 17.1 Å². The largest absolute Gasteiger partial charge is 0.488 e. The number of ether oxygens (including phenoxy) is 1. The number of likely N-dealkylation sites (N-methyl/N-ethyl adjacent to an activating group) is 1. The molecule has 0 aliphatic rings. The van der Waals surface area contributed by atoms with E-state index in [0.717, 1.165) is 11.6 Å². The standard InChI is InChI=1S/C18H19FN2O2/c1-21(11-14-5-3-2-4-6-14)12-16(22)13-23-18-8-7-15(10-20)9-17(18)19/h2-9,16,22H,11-13H2,1H3. The first kappa shape index (κ1) is 16.9. The van der Waals surface area contributed by atoms with Crippen molar-refractivity contribution in [3.8, 4) is 11.8 Å². The highest BCUT2D eigenvalue weighted by molar-refractivity contribution is 5.35. The maximum absolute atomic E-state index is 13.7. The summed E-state index contributed by atoms with van der Waals surface area (Å²) in [4.78, 5) is 1.97. The van der Waals surface area contributed by atoms with Crippen LogP contribution in [0.15, 0.2) is 48.5 Å². The summed E-state index contributed by atoms with van der Waals surface area (Å²) in [5, 5.41) is 18.7. The topological polar surface area (TPSA) is 56.5 Å². The van der Waals surface area contributed by atoms with Gasteiger partial charge in [0.2, 0.25) is 0 Å². The van der Waals surface area contributed by atoms with Gasteiger partial charge in [0.1, 0.15) is 12.7 Å². The molecule has 2 aromatic rings. The second-order valence-corrected chi connectivity index (χ2v) is 5.40. The lowest BCUT2D eigenvalue weighted by molar-refractivity contribution is 0.0728. The summed E-state index contributed by atoms with van der Waals surface area (Å²) in [5.74, 6) is -0.567. The zero-order valence-corrected chi connectivity index (χ0v) is 12.9. The summed E-state index contributed by atoms with van der Waals surface area (Å²) in [7, 11) is 1.90. The number of halogens is 1. The number of nitrogens with zero attached hydrogens (tertiary/aromatic N) is 2. The molecule has 0 aliphatic heterocycles. The second-order valence-electron chi connectivity index (χ2n) is 5.40. The van der Waals surface area contributed by atoms with Crippen molar-refractivity contribution in [3.05, 3.63) is 65.5 Å². The Hall–Kier alpha value is -2.42. The number of aliphatic hydroxyl groups excluding tert-OH is 1. The van der Waals surface area contributed by atoms with Crippen LogP contribution in [0.2, 0.25) is 0 Å². The molecular formula is C18H19FN2O2. The minimum absolute atomic E-state index is 0.0120. The van der Waals surface area contributed by atoms with Crippen LogP contribution in [0.4, 0.5) is 4.39 Å². The molecule has 5 heteroatoms. The van der Waals surface area contributed by atoms with Crippen molar-refractivity contribution in [2.45, 2.75) is 12.6 Å². The number of hydrogen-bond acceptors (Lipinski definition) is 4. The molecule has 0 aromatic heterocycles. The average molecular weight is 314 g/mol. The Bertz CT molecular complexity index is 670. The smallest absolute Gasteiger partial charge is 0.166 e. The summed E-state index contributed by atoms with van der Waals surface area (Å²) < 4.78 is 19.0. The van der Waals surface area contributed by atoms with E-state index in [4.69, 9.17) is 10.00 Å². The molecule has 0 bridgehead atoms. The van der Waals surface area contributed by atoms with E-state index in [2.05, 4.69) is 0 Å². The summed E-state index contributed by atoms with van der Waals surface area (Å²) in [6.07, 6.45) is -0.737. The highest BCUT2D eigenvalue weighted by Crippen LogP contribution is 2.18. The molecule has 2 rings (SSSR count). The normalized spacial score (nSPS) is 12.0. The number of hydrogen-bond donors (Lipinski definition) is 1. The highest BCUT2D eigenvalue weighted by Gasteiger charge is 2.11. The first-order valence-electron chi connectivity index (χ1n) is 7.31. The van der Waals surface area contributed by atoms with Crippen LogP contribution in [0.5, 0.6) is 5.75 Å². The third-order valence-corrected chi connectivity index (χ3v) is 3.31. The van der Waals surface area contributed by atoms with Crippen molar-refractivity contribution in [1.82, 2.24) is 4.90 Å². The van der Waals surface area contributed by atoms with Crippen LogP contribution in [0.1, 0.15) is 11.1 Å². The van der Waals surface area contributed by atoms with Crippen LogP contribution in [0.3, 0.4) is 0 Å². The summed E-state index contributed by atoms with van der Waals surface area (Å²) >= 11 is 0. The van der Waals surface area contributed by atoms with Crippen molar-refractivity contribution < 1.29 is 14.2 Å². The zero-order chi connectivity index (χ0) is 16.7. The van der Waals surface area contributed by atoms with Crippen LogP contribution >= 0.6 is 0 Å². The first-order chi connectivity index (χ1) is 11.1. The molecule has 0 spiro atoms. The number of rotatable bonds is 7. The van der Waals surface area contributed by atoms with Crippen molar-refractivity contribution >= 4 is 0 Å². The van der Waals surface area contributed by atoms with E-state index in [1.54, 1.807) is 0 Å². The fourth-order valence-electron chi connectivity index (χ4n) is 2.25. The average Bonchev–Trinajstić information content (AvgIpc) is 2.54. The van der Waals surface area contributed by atoms with Crippen LogP contribution < -0.4 is 4.74 Å². The van der Waals surface area contributed by atoms with Gasteiger partial charge in [-0.2, -0.15) is 5.26 Å². The Morgan fingerprint density at radius 1 is 1.26 bits per heavy atom. The van der Waals surface area contributed by atoms with Crippen LogP contribution in [-0.4, -0.2) is 36.3 Å². The van der Waals surface area contributed by atoms with Gasteiger partial charge in [-0.05, 0) is 30.8 Å². The van der Waals surface area contributed by atoms with Gasteiger partial charge in [0, 0.05) is 13.1 Å². The van der Waals surface area contributed by atoms with E-state index in [0.29, 0.717) is 13.1 Å². The molecule has 2 aromatic carbocycles. The van der Waals surface area contributed by atoms with Crippen LogP contribution in [0.25, 0.3) is 0 Å². The van der Waals surface area contributed by atoms with E-state index in [1.165, 1.54) is 12.1 Å². The van der Waals surface area contributed by atoms with Gasteiger partial charge < -0.3 is 9.84 Å². The minimum Gasteiger partial charge on any atom is -0.488 e. The van der Waals surface area contributed by atoms with E-state index in [-0.39, 0.29) is 17.9 Å². The molecule has 23 heavy (non-hydrogen) atoms. The van der Waals surface area contributed by atoms with E-state index in [1.807, 2.05) is 48.3 Å². The van der Waals surface area contributed by atoms with Gasteiger partial charge in [-0.3, -0.25) is 4.90 Å². The Morgan fingerprint density at radius 2 is 2.00 bits per heavy atom. The zero-order valence-electron chi connectivity index (χ0n) is 12.9. The lowest BCUT2D eigenvalue weighted by Gasteiger charge is -2.21. The van der Waals surface area contributed by atoms with E-state index >= 15 is 0 Å². The van der Waals surface area contributed by atoms with Gasteiger partial charge in [0.05, 0.1) is 11.6 Å². The lowest BCUT2D eigenvalue weighted by atomic mass is 10.2. The van der Waals surface area contributed by atoms with Gasteiger partial charge in [0.15, 0.2) is 11.6 Å². The van der Waals surface area contributed by atoms with E-state index < -0.39 is 11.9 Å². The second kappa shape index (κ2) is 8.28. The summed E-state index contributed by atoms with van der Waals surface area (Å²) in [6, 6.07) is 15.8. The molecule has 0 saturated carbocycles.